The molecule has 0 spiro atoms. The molecule has 6 nitrogen and oxygen atoms in total. The summed E-state index contributed by atoms with van der Waals surface area (Å²) in [7, 11) is 0. The monoisotopic (exact) mass is 344 g/mol. The molecule has 2 aromatic rings. The summed E-state index contributed by atoms with van der Waals surface area (Å²) in [5, 5.41) is 15.9. The largest absolute Gasteiger partial charge is 0.392 e. The van der Waals surface area contributed by atoms with Gasteiger partial charge in [-0.15, -0.1) is 0 Å². The Kier molecular flexibility index (Phi) is 6.20. The zero-order valence-corrected chi connectivity index (χ0v) is 15.4. The van der Waals surface area contributed by atoms with Crippen LogP contribution < -0.4 is 10.6 Å². The summed E-state index contributed by atoms with van der Waals surface area (Å²) in [5.41, 5.74) is 1.66. The Balaban J connectivity index is 1.80. The number of hydrogen-bond donors (Lipinski definition) is 3. The van der Waals surface area contributed by atoms with Gasteiger partial charge >= 0.3 is 6.03 Å². The van der Waals surface area contributed by atoms with Gasteiger partial charge in [-0.25, -0.2) is 9.78 Å². The fourth-order valence-electron chi connectivity index (χ4n) is 2.76. The average Bonchev–Trinajstić information content (AvgIpc) is 3.12. The third-order valence-electron chi connectivity index (χ3n) is 4.33. The summed E-state index contributed by atoms with van der Waals surface area (Å²) in [4.78, 5) is 16.0. The Morgan fingerprint density at radius 3 is 2.48 bits per heavy atom. The van der Waals surface area contributed by atoms with Gasteiger partial charge in [-0.1, -0.05) is 39.8 Å². The molecule has 0 fully saturated rings. The van der Waals surface area contributed by atoms with Gasteiger partial charge < -0.3 is 20.3 Å². The summed E-state index contributed by atoms with van der Waals surface area (Å²) in [6.07, 6.45) is 4.89. The highest BCUT2D eigenvalue weighted by Gasteiger charge is 2.30. The van der Waals surface area contributed by atoms with Crippen molar-refractivity contribution >= 4 is 6.03 Å². The molecule has 6 heteroatoms. The lowest BCUT2D eigenvalue weighted by molar-refractivity contribution is 0.0151. The third kappa shape index (κ3) is 5.32. The number of rotatable bonds is 7. The van der Waals surface area contributed by atoms with E-state index in [2.05, 4.69) is 15.6 Å². The van der Waals surface area contributed by atoms with Gasteiger partial charge in [0.25, 0.3) is 0 Å². The molecule has 2 amide bonds. The smallest absolute Gasteiger partial charge is 0.315 e. The van der Waals surface area contributed by atoms with E-state index in [1.54, 1.807) is 12.5 Å². The van der Waals surface area contributed by atoms with E-state index in [9.17, 15) is 9.90 Å². The zero-order chi connectivity index (χ0) is 18.4. The molecule has 0 aliphatic heterocycles. The van der Waals surface area contributed by atoms with Crippen molar-refractivity contribution in [3.8, 4) is 5.69 Å². The van der Waals surface area contributed by atoms with Crippen LogP contribution in [0.5, 0.6) is 0 Å². The van der Waals surface area contributed by atoms with Crippen molar-refractivity contribution in [2.24, 2.45) is 11.3 Å². The van der Waals surface area contributed by atoms with Crippen molar-refractivity contribution < 1.29 is 9.90 Å². The number of imidazole rings is 1. The van der Waals surface area contributed by atoms with Crippen molar-refractivity contribution in [1.82, 2.24) is 20.2 Å². The predicted molar refractivity (Wildman–Crippen MR) is 98.4 cm³/mol. The van der Waals surface area contributed by atoms with Crippen LogP contribution in [-0.4, -0.2) is 33.3 Å². The lowest BCUT2D eigenvalue weighted by atomic mass is 9.81. The van der Waals surface area contributed by atoms with Crippen molar-refractivity contribution in [2.45, 2.75) is 40.3 Å². The van der Waals surface area contributed by atoms with Gasteiger partial charge in [-0.3, -0.25) is 0 Å². The highest BCUT2D eigenvalue weighted by atomic mass is 16.3. The minimum absolute atomic E-state index is 0.147. The van der Waals surface area contributed by atoms with Crippen LogP contribution in [0, 0.1) is 11.3 Å². The number of carbonyl (C=O) groups excluding carboxylic acids is 1. The Hall–Kier alpha value is -2.34. The van der Waals surface area contributed by atoms with E-state index in [4.69, 9.17) is 0 Å². The molecule has 0 aliphatic carbocycles. The molecule has 0 radical (unpaired) electrons. The van der Waals surface area contributed by atoms with Gasteiger partial charge in [0, 0.05) is 36.6 Å². The number of carbonyl (C=O) groups is 1. The topological polar surface area (TPSA) is 79.2 Å². The summed E-state index contributed by atoms with van der Waals surface area (Å²) >= 11 is 0. The first-order valence-corrected chi connectivity index (χ1v) is 8.56. The van der Waals surface area contributed by atoms with Gasteiger partial charge in [0.15, 0.2) is 0 Å². The molecular weight excluding hydrogens is 316 g/mol. The van der Waals surface area contributed by atoms with E-state index in [1.807, 2.05) is 62.7 Å². The molecule has 1 unspecified atom stereocenters. The molecule has 3 N–H and O–H groups in total. The zero-order valence-electron chi connectivity index (χ0n) is 15.4. The van der Waals surface area contributed by atoms with Crippen LogP contribution in [0.25, 0.3) is 5.69 Å². The van der Waals surface area contributed by atoms with E-state index < -0.39 is 6.10 Å². The molecule has 136 valence electrons. The number of nitrogens with one attached hydrogen (secondary N) is 2. The maximum Gasteiger partial charge on any atom is 0.315 e. The fraction of sp³-hybridized carbons (Fsp3) is 0.474. The minimum Gasteiger partial charge on any atom is -0.392 e. The number of nitrogens with zero attached hydrogens (tertiary/aromatic N) is 2. The molecule has 2 rings (SSSR count). The first kappa shape index (κ1) is 19.0. The number of aromatic nitrogens is 2. The standard InChI is InChI=1S/C19H28N4O2/c1-14(2)17(24)19(3,4)12-22-18(25)21-11-15-5-7-16(8-6-15)23-10-9-20-13-23/h5-10,13-14,17,24H,11-12H2,1-4H3,(H2,21,22,25). The molecule has 0 saturated heterocycles. The van der Waals surface area contributed by atoms with Gasteiger partial charge in [0.1, 0.15) is 0 Å². The maximum absolute atomic E-state index is 12.0. The Morgan fingerprint density at radius 1 is 1.24 bits per heavy atom. The van der Waals surface area contributed by atoms with Gasteiger partial charge in [0.05, 0.1) is 12.4 Å². The van der Waals surface area contributed by atoms with Crippen molar-refractivity contribution in [3.05, 3.63) is 48.5 Å². The molecule has 1 aromatic carbocycles. The molecule has 0 bridgehead atoms. The second-order valence-electron chi connectivity index (χ2n) is 7.35. The summed E-state index contributed by atoms with van der Waals surface area (Å²) in [6.45, 7) is 8.71. The van der Waals surface area contributed by atoms with Crippen LogP contribution in [-0.2, 0) is 6.54 Å². The molecule has 0 saturated carbocycles. The number of benzene rings is 1. The van der Waals surface area contributed by atoms with Crippen LogP contribution in [0.4, 0.5) is 4.79 Å². The molecule has 1 aromatic heterocycles. The first-order chi connectivity index (χ1) is 11.8. The van der Waals surface area contributed by atoms with Gasteiger partial charge in [-0.05, 0) is 23.6 Å². The fourth-order valence-corrected chi connectivity index (χ4v) is 2.76. The second-order valence-corrected chi connectivity index (χ2v) is 7.35. The van der Waals surface area contributed by atoms with E-state index >= 15 is 0 Å². The van der Waals surface area contributed by atoms with E-state index in [0.717, 1.165) is 11.3 Å². The number of aliphatic hydroxyl groups excluding tert-OH is 1. The van der Waals surface area contributed by atoms with Gasteiger partial charge in [-0.2, -0.15) is 0 Å². The summed E-state index contributed by atoms with van der Waals surface area (Å²) in [6, 6.07) is 7.68. The average molecular weight is 344 g/mol. The van der Waals surface area contributed by atoms with Crippen molar-refractivity contribution in [3.63, 3.8) is 0 Å². The third-order valence-corrected chi connectivity index (χ3v) is 4.33. The Labute approximate surface area is 149 Å². The molecular formula is C19H28N4O2. The van der Waals surface area contributed by atoms with Crippen molar-refractivity contribution in [2.75, 3.05) is 6.54 Å². The minimum atomic E-state index is -0.469. The maximum atomic E-state index is 12.0. The number of aliphatic hydroxyl groups is 1. The molecule has 1 atom stereocenters. The summed E-state index contributed by atoms with van der Waals surface area (Å²) < 4.78 is 1.92. The number of amides is 2. The highest BCUT2D eigenvalue weighted by molar-refractivity contribution is 5.73. The second kappa shape index (κ2) is 8.16. The van der Waals surface area contributed by atoms with Crippen LogP contribution in [0.3, 0.4) is 0 Å². The lowest BCUT2D eigenvalue weighted by Crippen LogP contribution is -2.46. The van der Waals surface area contributed by atoms with Gasteiger partial charge in [0.2, 0.25) is 0 Å². The Bertz CT molecular complexity index is 663. The molecule has 1 heterocycles. The van der Waals surface area contributed by atoms with Crippen molar-refractivity contribution in [1.29, 1.82) is 0 Å². The lowest BCUT2D eigenvalue weighted by Gasteiger charge is -2.33. The predicted octanol–water partition coefficient (Wildman–Crippen LogP) is 2.71. The quantitative estimate of drug-likeness (QED) is 0.722. The molecule has 0 aliphatic rings. The SMILES string of the molecule is CC(C)C(O)C(C)(C)CNC(=O)NCc1ccc(-n2ccnc2)cc1. The number of hydrogen-bond acceptors (Lipinski definition) is 3. The van der Waals surface area contributed by atoms with Crippen LogP contribution in [0.2, 0.25) is 0 Å². The van der Waals surface area contributed by atoms with E-state index in [0.29, 0.717) is 13.1 Å². The summed E-state index contributed by atoms with van der Waals surface area (Å²) in [5.74, 6) is 0.147. The number of urea groups is 1. The van der Waals surface area contributed by atoms with E-state index in [1.165, 1.54) is 0 Å². The van der Waals surface area contributed by atoms with E-state index in [-0.39, 0.29) is 17.4 Å². The van der Waals surface area contributed by atoms with Crippen LogP contribution >= 0.6 is 0 Å². The Morgan fingerprint density at radius 2 is 1.92 bits per heavy atom. The normalized spacial score (nSPS) is 12.9. The highest BCUT2D eigenvalue weighted by Crippen LogP contribution is 2.24. The van der Waals surface area contributed by atoms with Crippen LogP contribution in [0.1, 0.15) is 33.3 Å². The first-order valence-electron chi connectivity index (χ1n) is 8.56. The van der Waals surface area contributed by atoms with Crippen LogP contribution in [0.15, 0.2) is 43.0 Å². The molecule has 25 heavy (non-hydrogen) atoms.